The molecule has 2 saturated heterocycles. The summed E-state index contributed by atoms with van der Waals surface area (Å²) < 4.78 is 136. The SMILES string of the molecule is O=C(N1CC[C@]2(S(=O)(=O)c3ccc(F)cc3)c3ccc(C(F)(C(F)(F)F)C(F)(F)F)cc3CC[C@H]12)C1(O)CCNCC1. The van der Waals surface area contributed by atoms with Gasteiger partial charge in [-0.3, -0.25) is 4.79 Å². The van der Waals surface area contributed by atoms with Crippen molar-refractivity contribution in [2.45, 2.75) is 71.4 Å². The van der Waals surface area contributed by atoms with Crippen molar-refractivity contribution in [2.24, 2.45) is 0 Å². The van der Waals surface area contributed by atoms with E-state index >= 15 is 0 Å². The molecule has 0 aromatic heterocycles. The summed E-state index contributed by atoms with van der Waals surface area (Å²) in [6, 6.07) is 3.95. The molecule has 1 amide bonds. The topological polar surface area (TPSA) is 86.7 Å². The number of likely N-dealkylation sites (tertiary alicyclic amines) is 1. The third-order valence-electron chi connectivity index (χ3n) is 8.76. The zero-order valence-electron chi connectivity index (χ0n) is 21.8. The summed E-state index contributed by atoms with van der Waals surface area (Å²) >= 11 is 0. The summed E-state index contributed by atoms with van der Waals surface area (Å²) in [5.74, 6) is -1.49. The van der Waals surface area contributed by atoms with Crippen LogP contribution in [0, 0.1) is 5.82 Å². The number of hydrogen-bond acceptors (Lipinski definition) is 5. The van der Waals surface area contributed by atoms with Crippen LogP contribution in [0.15, 0.2) is 47.4 Å². The molecule has 2 fully saturated rings. The minimum absolute atomic E-state index is 0.0418. The Labute approximate surface area is 235 Å². The summed E-state index contributed by atoms with van der Waals surface area (Å²) in [5.41, 5.74) is -9.70. The van der Waals surface area contributed by atoms with Gasteiger partial charge in [0.25, 0.3) is 5.91 Å². The Balaban J connectivity index is 1.69. The van der Waals surface area contributed by atoms with Gasteiger partial charge in [-0.2, -0.15) is 26.3 Å². The molecule has 1 aliphatic carbocycles. The third-order valence-corrected chi connectivity index (χ3v) is 11.3. The Hall–Kier alpha value is -2.78. The van der Waals surface area contributed by atoms with Crippen molar-refractivity contribution in [1.82, 2.24) is 10.2 Å². The Morgan fingerprint density at radius 1 is 0.929 bits per heavy atom. The van der Waals surface area contributed by atoms with Crippen LogP contribution in [-0.2, 0) is 31.5 Å². The van der Waals surface area contributed by atoms with Crippen LogP contribution in [0.25, 0.3) is 0 Å². The average molecular weight is 627 g/mol. The number of nitrogens with one attached hydrogen (secondary N) is 1. The molecule has 230 valence electrons. The van der Waals surface area contributed by atoms with Gasteiger partial charge in [-0.05, 0) is 80.6 Å². The van der Waals surface area contributed by atoms with Gasteiger partial charge in [0.05, 0.1) is 10.9 Å². The molecule has 0 unspecified atom stereocenters. The Morgan fingerprint density at radius 3 is 2.10 bits per heavy atom. The van der Waals surface area contributed by atoms with Crippen LogP contribution in [-0.4, -0.2) is 68.0 Å². The number of aliphatic hydroxyl groups is 1. The molecule has 5 rings (SSSR count). The molecule has 0 bridgehead atoms. The minimum atomic E-state index is -6.37. The van der Waals surface area contributed by atoms with Gasteiger partial charge >= 0.3 is 18.0 Å². The van der Waals surface area contributed by atoms with Crippen molar-refractivity contribution < 1.29 is 53.4 Å². The number of benzene rings is 2. The van der Waals surface area contributed by atoms with E-state index in [1.54, 1.807) is 0 Å². The Morgan fingerprint density at radius 2 is 1.52 bits per heavy atom. The fourth-order valence-corrected chi connectivity index (χ4v) is 8.99. The van der Waals surface area contributed by atoms with E-state index in [1.807, 2.05) is 0 Å². The number of rotatable bonds is 4. The average Bonchev–Trinajstić information content (AvgIpc) is 3.33. The Bertz CT molecular complexity index is 1470. The highest BCUT2D eigenvalue weighted by atomic mass is 32.2. The van der Waals surface area contributed by atoms with Crippen molar-refractivity contribution in [3.63, 3.8) is 0 Å². The maximum atomic E-state index is 14.9. The van der Waals surface area contributed by atoms with E-state index in [9.17, 15) is 53.4 Å². The molecular weight excluding hydrogens is 600 g/mol. The number of aryl methyl sites for hydroxylation is 1. The van der Waals surface area contributed by atoms with Gasteiger partial charge in [-0.1, -0.05) is 18.2 Å². The fraction of sp³-hybridized carbons (Fsp3) is 0.519. The van der Waals surface area contributed by atoms with E-state index in [0.717, 1.165) is 30.3 Å². The van der Waals surface area contributed by atoms with E-state index in [4.69, 9.17) is 0 Å². The number of carbonyl (C=O) groups excluding carboxylic acids is 1. The molecule has 0 spiro atoms. The van der Waals surface area contributed by atoms with Crippen molar-refractivity contribution in [3.8, 4) is 0 Å². The van der Waals surface area contributed by atoms with Gasteiger partial charge in [0.1, 0.15) is 16.2 Å². The lowest BCUT2D eigenvalue weighted by molar-refractivity contribution is -0.348. The molecule has 2 aliphatic heterocycles. The van der Waals surface area contributed by atoms with Gasteiger partial charge in [-0.25, -0.2) is 17.2 Å². The number of amides is 1. The van der Waals surface area contributed by atoms with Crippen LogP contribution in [0.2, 0.25) is 0 Å². The smallest absolute Gasteiger partial charge is 0.380 e. The molecule has 2 heterocycles. The summed E-state index contributed by atoms with van der Waals surface area (Å²) in [6.45, 7) is 0.433. The fourth-order valence-electron chi connectivity index (χ4n) is 6.62. The van der Waals surface area contributed by atoms with Crippen LogP contribution in [0.5, 0.6) is 0 Å². The quantitative estimate of drug-likeness (QED) is 0.387. The van der Waals surface area contributed by atoms with Crippen molar-refractivity contribution in [1.29, 1.82) is 0 Å². The summed E-state index contributed by atoms with van der Waals surface area (Å²) in [5, 5.41) is 14.1. The molecule has 3 aliphatic rings. The number of hydrogen-bond donors (Lipinski definition) is 2. The predicted molar refractivity (Wildman–Crippen MR) is 132 cm³/mol. The number of nitrogens with zero attached hydrogens (tertiary/aromatic N) is 1. The second-order valence-corrected chi connectivity index (χ2v) is 13.2. The number of fused-ring (bicyclic) bond motifs is 3. The zero-order valence-corrected chi connectivity index (χ0v) is 22.6. The highest BCUT2D eigenvalue weighted by molar-refractivity contribution is 7.92. The monoisotopic (exact) mass is 626 g/mol. The lowest BCUT2D eigenvalue weighted by Gasteiger charge is -2.44. The summed E-state index contributed by atoms with van der Waals surface area (Å²) in [4.78, 5) is 14.5. The number of carbonyl (C=O) groups is 1. The predicted octanol–water partition coefficient (Wildman–Crippen LogP) is 4.45. The maximum absolute atomic E-state index is 14.9. The van der Waals surface area contributed by atoms with Crippen LogP contribution in [0.1, 0.15) is 42.4 Å². The van der Waals surface area contributed by atoms with Crippen LogP contribution in [0.3, 0.4) is 0 Å². The molecule has 6 nitrogen and oxygen atoms in total. The van der Waals surface area contributed by atoms with Gasteiger partial charge in [0.15, 0.2) is 9.84 Å². The zero-order chi connectivity index (χ0) is 30.9. The second kappa shape index (κ2) is 9.88. The molecule has 0 saturated carbocycles. The van der Waals surface area contributed by atoms with Crippen LogP contribution < -0.4 is 5.32 Å². The van der Waals surface area contributed by atoms with E-state index in [2.05, 4.69) is 5.32 Å². The highest BCUT2D eigenvalue weighted by Crippen LogP contribution is 2.57. The van der Waals surface area contributed by atoms with Crippen LogP contribution in [0.4, 0.5) is 35.1 Å². The van der Waals surface area contributed by atoms with Gasteiger partial charge in [0.2, 0.25) is 0 Å². The Kier molecular flexibility index (Phi) is 7.21. The number of alkyl halides is 7. The van der Waals surface area contributed by atoms with Gasteiger partial charge in [-0.15, -0.1) is 0 Å². The number of halogens is 8. The molecule has 2 aromatic rings. The summed E-state index contributed by atoms with van der Waals surface area (Å²) in [6.07, 6.45) is -13.5. The molecule has 2 atom stereocenters. The lowest BCUT2D eigenvalue weighted by Crippen LogP contribution is -2.59. The molecule has 2 aromatic carbocycles. The first-order chi connectivity index (χ1) is 19.4. The second-order valence-electron chi connectivity index (χ2n) is 11.0. The molecule has 42 heavy (non-hydrogen) atoms. The first kappa shape index (κ1) is 30.7. The minimum Gasteiger partial charge on any atom is -0.380 e. The van der Waals surface area contributed by atoms with Crippen molar-refractivity contribution in [2.75, 3.05) is 19.6 Å². The highest BCUT2D eigenvalue weighted by Gasteiger charge is 2.74. The largest absolute Gasteiger partial charge is 0.435 e. The molecule has 0 radical (unpaired) electrons. The van der Waals surface area contributed by atoms with E-state index in [-0.39, 0.29) is 60.7 Å². The third kappa shape index (κ3) is 4.33. The first-order valence-corrected chi connectivity index (χ1v) is 14.6. The van der Waals surface area contributed by atoms with Gasteiger partial charge in [0, 0.05) is 12.1 Å². The van der Waals surface area contributed by atoms with Crippen molar-refractivity contribution in [3.05, 3.63) is 65.0 Å². The van der Waals surface area contributed by atoms with Crippen molar-refractivity contribution >= 4 is 15.7 Å². The standard InChI is InChI=1S/C27H26F8N2O4S/c28-18-3-5-19(6-4-18)42(40,41)24-11-14-37(22(38)23(39)9-12-36-13-10-23)21(24)8-1-16-15-17(2-7-20(16)24)25(29,26(30,31)32)27(33,34)35/h2-7,15,21,36,39H,1,8-14H2/t21-,24-/m0/s1. The van der Waals surface area contributed by atoms with Crippen LogP contribution >= 0.6 is 0 Å². The summed E-state index contributed by atoms with van der Waals surface area (Å²) in [7, 11) is -4.61. The van der Waals surface area contributed by atoms with Gasteiger partial charge < -0.3 is 15.3 Å². The number of piperidine rings is 1. The molecule has 15 heteroatoms. The number of sulfone groups is 1. The van der Waals surface area contributed by atoms with E-state index < -0.39 is 61.5 Å². The maximum Gasteiger partial charge on any atom is 0.435 e. The molecule has 2 N–H and O–H groups in total. The first-order valence-electron chi connectivity index (χ1n) is 13.1. The molecular formula is C27H26F8N2O4S. The van der Waals surface area contributed by atoms with E-state index in [1.165, 1.54) is 4.90 Å². The lowest BCUT2D eigenvalue weighted by atomic mass is 9.76. The normalized spacial score (nSPS) is 24.7. The van der Waals surface area contributed by atoms with E-state index in [0.29, 0.717) is 19.2 Å².